The molecule has 0 spiro atoms. The first-order chi connectivity index (χ1) is 13.2. The molecule has 6 heteroatoms. The van der Waals surface area contributed by atoms with E-state index in [1.165, 1.54) is 18.4 Å². The second-order valence-corrected chi connectivity index (χ2v) is 8.20. The van der Waals surface area contributed by atoms with E-state index < -0.39 is 0 Å². The Kier molecular flexibility index (Phi) is 5.64. The van der Waals surface area contributed by atoms with Crippen LogP contribution in [0, 0.1) is 6.92 Å². The normalized spacial score (nSPS) is 18.1. The fourth-order valence-electron chi connectivity index (χ4n) is 3.73. The first kappa shape index (κ1) is 18.3. The number of aryl methyl sites for hydroxylation is 1. The van der Waals surface area contributed by atoms with E-state index in [-0.39, 0.29) is 0 Å². The molecular formula is C21H26N4OS. The van der Waals surface area contributed by atoms with E-state index in [1.807, 2.05) is 19.1 Å². The van der Waals surface area contributed by atoms with Crippen molar-refractivity contribution >= 4 is 11.8 Å². The van der Waals surface area contributed by atoms with Crippen LogP contribution in [0.5, 0.6) is 0 Å². The minimum Gasteiger partial charge on any atom is -0.465 e. The van der Waals surface area contributed by atoms with Crippen LogP contribution in [-0.2, 0) is 19.3 Å². The molecule has 0 amide bonds. The van der Waals surface area contributed by atoms with Gasteiger partial charge in [0.15, 0.2) is 5.16 Å². The van der Waals surface area contributed by atoms with E-state index in [0.717, 1.165) is 47.9 Å². The molecule has 27 heavy (non-hydrogen) atoms. The molecule has 3 aromatic rings. The molecule has 1 fully saturated rings. The molecule has 0 aliphatic carbocycles. The predicted molar refractivity (Wildman–Crippen MR) is 108 cm³/mol. The Hall–Kier alpha value is -2.05. The van der Waals surface area contributed by atoms with Gasteiger partial charge in [0.2, 0.25) is 0 Å². The molecule has 2 aromatic heterocycles. The Bertz CT molecular complexity index is 873. The number of hydrogen-bond acceptors (Lipinski definition) is 5. The number of thioether (sulfide) groups is 1. The van der Waals surface area contributed by atoms with Crippen LogP contribution in [0.15, 0.2) is 52.0 Å². The highest BCUT2D eigenvalue weighted by molar-refractivity contribution is 7.98. The Balaban J connectivity index is 1.39. The Morgan fingerprint density at radius 3 is 2.78 bits per heavy atom. The summed E-state index contributed by atoms with van der Waals surface area (Å²) in [5, 5.41) is 9.99. The number of aromatic nitrogens is 3. The minimum atomic E-state index is 0.429. The lowest BCUT2D eigenvalue weighted by Gasteiger charge is -2.31. The molecule has 1 aromatic carbocycles. The molecule has 0 N–H and O–H groups in total. The van der Waals surface area contributed by atoms with Crippen molar-refractivity contribution in [2.24, 2.45) is 7.05 Å². The zero-order chi connectivity index (χ0) is 18.6. The maximum Gasteiger partial charge on any atom is 0.191 e. The summed E-state index contributed by atoms with van der Waals surface area (Å²) in [6.45, 7) is 4.99. The lowest BCUT2D eigenvalue weighted by atomic mass is 9.97. The van der Waals surface area contributed by atoms with E-state index in [2.05, 4.69) is 57.0 Å². The maximum absolute atomic E-state index is 5.75. The summed E-state index contributed by atoms with van der Waals surface area (Å²) in [4.78, 5) is 2.47. The van der Waals surface area contributed by atoms with Crippen LogP contribution in [0.1, 0.15) is 41.7 Å². The fraction of sp³-hybridized carbons (Fsp3) is 0.429. The van der Waals surface area contributed by atoms with E-state index in [1.54, 1.807) is 11.8 Å². The van der Waals surface area contributed by atoms with Crippen molar-refractivity contribution in [2.45, 2.75) is 43.1 Å². The third kappa shape index (κ3) is 4.45. The van der Waals surface area contributed by atoms with E-state index >= 15 is 0 Å². The van der Waals surface area contributed by atoms with Crippen LogP contribution in [0.4, 0.5) is 0 Å². The van der Waals surface area contributed by atoms with Crippen LogP contribution in [0.25, 0.3) is 0 Å². The number of benzene rings is 1. The second kappa shape index (κ2) is 8.31. The van der Waals surface area contributed by atoms with Gasteiger partial charge in [0.05, 0.1) is 6.54 Å². The van der Waals surface area contributed by atoms with Gasteiger partial charge >= 0.3 is 0 Å². The molecule has 0 bridgehead atoms. The van der Waals surface area contributed by atoms with E-state index in [0.29, 0.717) is 5.92 Å². The number of piperidine rings is 1. The molecule has 1 saturated heterocycles. The van der Waals surface area contributed by atoms with Crippen molar-refractivity contribution in [2.75, 3.05) is 13.1 Å². The topological polar surface area (TPSA) is 47.1 Å². The highest BCUT2D eigenvalue weighted by atomic mass is 32.2. The van der Waals surface area contributed by atoms with Crippen LogP contribution in [0.3, 0.4) is 0 Å². The standard InChI is InChI=1S/C21H26N4OS/c1-16-10-11-19(26-16)14-25-12-6-9-18(13-25)20-22-23-21(24(20)2)27-15-17-7-4-3-5-8-17/h3-5,7-8,10-11,18H,6,9,12-15H2,1-2H3. The molecule has 5 nitrogen and oxygen atoms in total. The Morgan fingerprint density at radius 2 is 2.00 bits per heavy atom. The lowest BCUT2D eigenvalue weighted by molar-refractivity contribution is 0.181. The van der Waals surface area contributed by atoms with Crippen molar-refractivity contribution in [3.8, 4) is 0 Å². The molecule has 3 heterocycles. The Labute approximate surface area is 164 Å². The third-order valence-corrected chi connectivity index (χ3v) is 6.22. The summed E-state index contributed by atoms with van der Waals surface area (Å²) in [7, 11) is 2.09. The fourth-order valence-corrected chi connectivity index (χ4v) is 4.60. The van der Waals surface area contributed by atoms with Crippen molar-refractivity contribution in [3.63, 3.8) is 0 Å². The second-order valence-electron chi connectivity index (χ2n) is 7.26. The SMILES string of the molecule is Cc1ccc(CN2CCCC(c3nnc(SCc4ccccc4)n3C)C2)o1. The average molecular weight is 383 g/mol. The summed E-state index contributed by atoms with van der Waals surface area (Å²) in [5.41, 5.74) is 1.31. The monoisotopic (exact) mass is 382 g/mol. The van der Waals surface area contributed by atoms with Gasteiger partial charge in [-0.25, -0.2) is 0 Å². The van der Waals surface area contributed by atoms with E-state index in [9.17, 15) is 0 Å². The zero-order valence-electron chi connectivity index (χ0n) is 16.0. The van der Waals surface area contributed by atoms with Gasteiger partial charge in [0.25, 0.3) is 0 Å². The minimum absolute atomic E-state index is 0.429. The summed E-state index contributed by atoms with van der Waals surface area (Å²) >= 11 is 1.75. The van der Waals surface area contributed by atoms with Crippen LogP contribution >= 0.6 is 11.8 Å². The lowest BCUT2D eigenvalue weighted by Crippen LogP contribution is -2.34. The van der Waals surface area contributed by atoms with Gasteiger partial charge in [0, 0.05) is 25.3 Å². The first-order valence-electron chi connectivity index (χ1n) is 9.53. The number of likely N-dealkylation sites (tertiary alicyclic amines) is 1. The molecule has 142 valence electrons. The molecule has 4 rings (SSSR count). The third-order valence-electron chi connectivity index (χ3n) is 5.13. The molecule has 0 saturated carbocycles. The maximum atomic E-state index is 5.75. The van der Waals surface area contributed by atoms with Gasteiger partial charge in [0.1, 0.15) is 17.3 Å². The zero-order valence-corrected chi connectivity index (χ0v) is 16.8. The molecule has 1 unspecified atom stereocenters. The quantitative estimate of drug-likeness (QED) is 0.592. The van der Waals surface area contributed by atoms with E-state index in [4.69, 9.17) is 4.42 Å². The van der Waals surface area contributed by atoms with Gasteiger partial charge in [-0.15, -0.1) is 10.2 Å². The van der Waals surface area contributed by atoms with Crippen molar-refractivity contribution in [1.29, 1.82) is 0 Å². The highest BCUT2D eigenvalue weighted by Gasteiger charge is 2.26. The smallest absolute Gasteiger partial charge is 0.191 e. The van der Waals surface area contributed by atoms with Gasteiger partial charge in [-0.2, -0.15) is 0 Å². The number of hydrogen-bond donors (Lipinski definition) is 0. The largest absolute Gasteiger partial charge is 0.465 e. The molecule has 1 aliphatic rings. The van der Waals surface area contributed by atoms with Crippen LogP contribution in [0.2, 0.25) is 0 Å². The van der Waals surface area contributed by atoms with Crippen LogP contribution < -0.4 is 0 Å². The summed E-state index contributed by atoms with van der Waals surface area (Å²) < 4.78 is 7.93. The average Bonchev–Trinajstić information content (AvgIpc) is 3.26. The summed E-state index contributed by atoms with van der Waals surface area (Å²) in [6, 6.07) is 14.6. The number of nitrogens with zero attached hydrogens (tertiary/aromatic N) is 4. The summed E-state index contributed by atoms with van der Waals surface area (Å²) in [5.74, 6) is 4.47. The van der Waals surface area contributed by atoms with Crippen LogP contribution in [-0.4, -0.2) is 32.8 Å². The van der Waals surface area contributed by atoms with Gasteiger partial charge < -0.3 is 8.98 Å². The predicted octanol–water partition coefficient (Wildman–Crippen LogP) is 4.39. The summed E-state index contributed by atoms with van der Waals surface area (Å²) in [6.07, 6.45) is 2.35. The molecule has 1 atom stereocenters. The van der Waals surface area contributed by atoms with Crippen molar-refractivity contribution in [3.05, 3.63) is 65.4 Å². The molecular weight excluding hydrogens is 356 g/mol. The molecule has 0 radical (unpaired) electrons. The van der Waals surface area contributed by atoms with Gasteiger partial charge in [-0.3, -0.25) is 4.90 Å². The van der Waals surface area contributed by atoms with Crippen molar-refractivity contribution in [1.82, 2.24) is 19.7 Å². The van der Waals surface area contributed by atoms with Gasteiger partial charge in [-0.05, 0) is 44.0 Å². The molecule has 1 aliphatic heterocycles. The first-order valence-corrected chi connectivity index (χ1v) is 10.5. The number of rotatable bonds is 6. The highest BCUT2D eigenvalue weighted by Crippen LogP contribution is 2.29. The Morgan fingerprint density at radius 1 is 1.15 bits per heavy atom. The van der Waals surface area contributed by atoms with Gasteiger partial charge in [-0.1, -0.05) is 42.1 Å². The van der Waals surface area contributed by atoms with Crippen molar-refractivity contribution < 1.29 is 4.42 Å². The number of furan rings is 1.